The van der Waals surface area contributed by atoms with Gasteiger partial charge in [0.2, 0.25) is 11.8 Å². The molecule has 8 atom stereocenters. The van der Waals surface area contributed by atoms with Crippen LogP contribution in [0.2, 0.25) is 0 Å². The standard InChI is InChI=1S/C20H32N2O2/c1-11-6-9-17(12(2)10-11)22-19(23)14-5-3-4-13-16(21)8-7-15(18(13)14)20(22)24/h11-18H,3-10,21H2,1-2H3. The normalized spacial score (nSPS) is 49.0. The van der Waals surface area contributed by atoms with E-state index in [-0.39, 0.29) is 41.7 Å². The van der Waals surface area contributed by atoms with Gasteiger partial charge in [0.05, 0.1) is 0 Å². The van der Waals surface area contributed by atoms with Gasteiger partial charge in [0, 0.05) is 23.9 Å². The van der Waals surface area contributed by atoms with Crippen molar-refractivity contribution in [1.82, 2.24) is 4.90 Å². The second-order valence-electron chi connectivity index (χ2n) is 9.14. The lowest BCUT2D eigenvalue weighted by Crippen LogP contribution is -2.64. The number of carbonyl (C=O) groups excluding carboxylic acids is 2. The molecule has 4 rings (SSSR count). The fourth-order valence-corrected chi connectivity index (χ4v) is 6.52. The first-order chi connectivity index (χ1) is 11.5. The van der Waals surface area contributed by atoms with Crippen LogP contribution in [0.5, 0.6) is 0 Å². The molecular formula is C20H32N2O2. The van der Waals surface area contributed by atoms with Crippen LogP contribution in [-0.2, 0) is 9.59 Å². The number of piperidine rings is 1. The van der Waals surface area contributed by atoms with E-state index in [1.807, 2.05) is 0 Å². The first-order valence-electron chi connectivity index (χ1n) is 10.1. The molecule has 2 amide bonds. The number of likely N-dealkylation sites (tertiary alicyclic amines) is 1. The monoisotopic (exact) mass is 332 g/mol. The Balaban J connectivity index is 1.64. The van der Waals surface area contributed by atoms with Crippen molar-refractivity contribution >= 4 is 11.8 Å². The minimum atomic E-state index is 0.0596. The molecule has 4 heteroatoms. The van der Waals surface area contributed by atoms with Crippen LogP contribution in [0.3, 0.4) is 0 Å². The van der Waals surface area contributed by atoms with E-state index >= 15 is 0 Å². The quantitative estimate of drug-likeness (QED) is 0.751. The molecule has 4 fully saturated rings. The highest BCUT2D eigenvalue weighted by atomic mass is 16.2. The van der Waals surface area contributed by atoms with Crippen LogP contribution < -0.4 is 5.73 Å². The van der Waals surface area contributed by atoms with Gasteiger partial charge in [-0.15, -0.1) is 0 Å². The summed E-state index contributed by atoms with van der Waals surface area (Å²) in [4.78, 5) is 28.3. The minimum absolute atomic E-state index is 0.0596. The average molecular weight is 332 g/mol. The Labute approximate surface area is 145 Å². The smallest absolute Gasteiger partial charge is 0.232 e. The predicted octanol–water partition coefficient (Wildman–Crippen LogP) is 2.95. The minimum Gasteiger partial charge on any atom is -0.327 e. The summed E-state index contributed by atoms with van der Waals surface area (Å²) < 4.78 is 0. The molecule has 3 aliphatic carbocycles. The summed E-state index contributed by atoms with van der Waals surface area (Å²) in [5.41, 5.74) is 6.36. The summed E-state index contributed by atoms with van der Waals surface area (Å²) >= 11 is 0. The van der Waals surface area contributed by atoms with Crippen LogP contribution in [0.15, 0.2) is 0 Å². The second-order valence-corrected chi connectivity index (χ2v) is 9.14. The van der Waals surface area contributed by atoms with E-state index in [9.17, 15) is 9.59 Å². The number of hydrogen-bond acceptors (Lipinski definition) is 3. The van der Waals surface area contributed by atoms with Gasteiger partial charge in [-0.1, -0.05) is 20.3 Å². The molecule has 8 unspecified atom stereocenters. The second kappa shape index (κ2) is 6.12. The number of nitrogens with zero attached hydrogens (tertiary/aromatic N) is 1. The molecule has 0 aromatic carbocycles. The van der Waals surface area contributed by atoms with E-state index in [0.717, 1.165) is 51.4 Å². The molecule has 1 aliphatic heterocycles. The summed E-state index contributed by atoms with van der Waals surface area (Å²) in [6.07, 6.45) is 8.26. The third-order valence-electron chi connectivity index (χ3n) is 7.66. The van der Waals surface area contributed by atoms with Crippen molar-refractivity contribution < 1.29 is 9.59 Å². The molecule has 0 spiro atoms. The molecule has 1 saturated heterocycles. The molecule has 0 bridgehead atoms. The van der Waals surface area contributed by atoms with Gasteiger partial charge in [0.1, 0.15) is 0 Å². The van der Waals surface area contributed by atoms with Gasteiger partial charge in [0.15, 0.2) is 0 Å². The number of hydrogen-bond donors (Lipinski definition) is 1. The fourth-order valence-electron chi connectivity index (χ4n) is 6.52. The van der Waals surface area contributed by atoms with Gasteiger partial charge in [0.25, 0.3) is 0 Å². The maximum Gasteiger partial charge on any atom is 0.232 e. The van der Waals surface area contributed by atoms with Crippen molar-refractivity contribution in [3.8, 4) is 0 Å². The van der Waals surface area contributed by atoms with Crippen LogP contribution in [0, 0.1) is 35.5 Å². The van der Waals surface area contributed by atoms with E-state index in [4.69, 9.17) is 5.73 Å². The first-order valence-corrected chi connectivity index (χ1v) is 10.1. The third kappa shape index (κ3) is 2.44. The maximum absolute atomic E-state index is 13.3. The first kappa shape index (κ1) is 16.6. The van der Waals surface area contributed by atoms with E-state index in [1.54, 1.807) is 4.90 Å². The average Bonchev–Trinajstić information content (AvgIpc) is 2.56. The SMILES string of the molecule is CC1CCC(N2C(=O)C3CCCC4C(N)CCC(C2=O)C34)C(C)C1. The van der Waals surface area contributed by atoms with Gasteiger partial charge < -0.3 is 5.73 Å². The highest BCUT2D eigenvalue weighted by Gasteiger charge is 2.56. The number of nitrogens with two attached hydrogens (primary N) is 1. The van der Waals surface area contributed by atoms with Crippen LogP contribution in [0.4, 0.5) is 0 Å². The Kier molecular flexibility index (Phi) is 4.22. The maximum atomic E-state index is 13.3. The van der Waals surface area contributed by atoms with E-state index < -0.39 is 0 Å². The molecule has 0 radical (unpaired) electrons. The molecule has 0 aromatic heterocycles. The number of carbonyl (C=O) groups is 2. The summed E-state index contributed by atoms with van der Waals surface area (Å²) in [5, 5.41) is 0. The van der Waals surface area contributed by atoms with Gasteiger partial charge in [-0.25, -0.2) is 0 Å². The largest absolute Gasteiger partial charge is 0.327 e. The number of amides is 2. The molecule has 4 aliphatic rings. The van der Waals surface area contributed by atoms with Gasteiger partial charge in [-0.3, -0.25) is 14.5 Å². The van der Waals surface area contributed by atoms with Crippen molar-refractivity contribution in [2.24, 2.45) is 41.2 Å². The Morgan fingerprint density at radius 3 is 2.33 bits per heavy atom. The summed E-state index contributed by atoms with van der Waals surface area (Å²) in [6.45, 7) is 4.52. The predicted molar refractivity (Wildman–Crippen MR) is 92.8 cm³/mol. The number of rotatable bonds is 1. The van der Waals surface area contributed by atoms with Crippen molar-refractivity contribution in [3.63, 3.8) is 0 Å². The summed E-state index contributed by atoms with van der Waals surface area (Å²) in [5.74, 6) is 2.18. The molecule has 3 saturated carbocycles. The topological polar surface area (TPSA) is 63.4 Å². The van der Waals surface area contributed by atoms with Gasteiger partial charge in [-0.2, -0.15) is 0 Å². The molecule has 0 aromatic rings. The zero-order valence-corrected chi connectivity index (χ0v) is 15.1. The Bertz CT molecular complexity index is 516. The Morgan fingerprint density at radius 2 is 1.62 bits per heavy atom. The lowest BCUT2D eigenvalue weighted by atomic mass is 9.57. The third-order valence-corrected chi connectivity index (χ3v) is 7.66. The number of imide groups is 1. The lowest BCUT2D eigenvalue weighted by molar-refractivity contribution is -0.172. The summed E-state index contributed by atoms with van der Waals surface area (Å²) in [7, 11) is 0. The molecule has 4 nitrogen and oxygen atoms in total. The lowest BCUT2D eigenvalue weighted by Gasteiger charge is -2.54. The van der Waals surface area contributed by atoms with Gasteiger partial charge >= 0.3 is 0 Å². The van der Waals surface area contributed by atoms with E-state index in [1.165, 1.54) is 0 Å². The zero-order valence-electron chi connectivity index (χ0n) is 15.1. The van der Waals surface area contributed by atoms with Gasteiger partial charge in [-0.05, 0) is 68.6 Å². The van der Waals surface area contributed by atoms with Crippen molar-refractivity contribution in [2.45, 2.75) is 77.3 Å². The Hall–Kier alpha value is -0.900. The highest BCUT2D eigenvalue weighted by Crippen LogP contribution is 2.51. The fraction of sp³-hybridized carbons (Fsp3) is 0.900. The van der Waals surface area contributed by atoms with Crippen molar-refractivity contribution in [1.29, 1.82) is 0 Å². The molecular weight excluding hydrogens is 300 g/mol. The van der Waals surface area contributed by atoms with Crippen LogP contribution in [-0.4, -0.2) is 28.8 Å². The van der Waals surface area contributed by atoms with Crippen LogP contribution >= 0.6 is 0 Å². The molecule has 134 valence electrons. The highest BCUT2D eigenvalue weighted by molar-refractivity contribution is 6.01. The summed E-state index contributed by atoms with van der Waals surface area (Å²) in [6, 6.07) is 0.328. The van der Waals surface area contributed by atoms with Crippen LogP contribution in [0.25, 0.3) is 0 Å². The molecule has 24 heavy (non-hydrogen) atoms. The Morgan fingerprint density at radius 1 is 0.917 bits per heavy atom. The van der Waals surface area contributed by atoms with E-state index in [2.05, 4.69) is 13.8 Å². The molecule has 2 N–H and O–H groups in total. The molecule has 1 heterocycles. The zero-order chi connectivity index (χ0) is 17.0. The van der Waals surface area contributed by atoms with E-state index in [0.29, 0.717) is 17.8 Å². The van der Waals surface area contributed by atoms with Crippen molar-refractivity contribution in [2.75, 3.05) is 0 Å². The van der Waals surface area contributed by atoms with Crippen LogP contribution in [0.1, 0.15) is 65.2 Å². The van der Waals surface area contributed by atoms with Crippen molar-refractivity contribution in [3.05, 3.63) is 0 Å².